The van der Waals surface area contributed by atoms with E-state index in [4.69, 9.17) is 16.1 Å². The summed E-state index contributed by atoms with van der Waals surface area (Å²) in [6.45, 7) is 0.686. The normalized spacial score (nSPS) is 20.7. The first-order valence-corrected chi connectivity index (χ1v) is 8.25. The molecule has 1 atom stereocenters. The lowest BCUT2D eigenvalue weighted by Gasteiger charge is -2.22. The second kappa shape index (κ2) is 5.85. The fraction of sp³-hybridized carbons (Fsp3) is 0.438. The molecule has 0 radical (unpaired) electrons. The number of hydrogen-bond acceptors (Lipinski definition) is 4. The van der Waals surface area contributed by atoms with E-state index in [1.807, 2.05) is 0 Å². The Morgan fingerprint density at radius 3 is 2.78 bits per heavy atom. The molecule has 1 aromatic carbocycles. The number of halogens is 1. The number of nitrogens with one attached hydrogen (secondary N) is 1. The van der Waals surface area contributed by atoms with Crippen LogP contribution in [-0.2, 0) is 0 Å². The fourth-order valence-corrected chi connectivity index (χ4v) is 3.01. The van der Waals surface area contributed by atoms with Crippen molar-refractivity contribution >= 4 is 23.3 Å². The van der Waals surface area contributed by atoms with E-state index in [9.17, 15) is 4.79 Å². The van der Waals surface area contributed by atoms with Gasteiger partial charge in [0.25, 0.3) is 0 Å². The molecule has 2 amide bonds. The number of carbonyl (C=O) groups excluding carboxylic acids is 1. The van der Waals surface area contributed by atoms with E-state index in [-0.39, 0.29) is 12.1 Å². The van der Waals surface area contributed by atoms with Crippen LogP contribution in [0.15, 0.2) is 28.8 Å². The third kappa shape index (κ3) is 3.03. The van der Waals surface area contributed by atoms with E-state index < -0.39 is 0 Å². The fourth-order valence-electron chi connectivity index (χ4n) is 2.88. The monoisotopic (exact) mass is 332 g/mol. The molecular weight excluding hydrogens is 316 g/mol. The highest BCUT2D eigenvalue weighted by molar-refractivity contribution is 6.30. The van der Waals surface area contributed by atoms with Crippen LogP contribution in [0.25, 0.3) is 0 Å². The van der Waals surface area contributed by atoms with Gasteiger partial charge in [-0.15, -0.1) is 0 Å². The van der Waals surface area contributed by atoms with Gasteiger partial charge >= 0.3 is 6.03 Å². The van der Waals surface area contributed by atoms with Crippen LogP contribution in [0.3, 0.4) is 0 Å². The van der Waals surface area contributed by atoms with E-state index in [0.29, 0.717) is 29.1 Å². The van der Waals surface area contributed by atoms with Crippen molar-refractivity contribution in [1.29, 1.82) is 0 Å². The Labute approximate surface area is 138 Å². The molecule has 1 aliphatic heterocycles. The summed E-state index contributed by atoms with van der Waals surface area (Å²) < 4.78 is 5.40. The summed E-state index contributed by atoms with van der Waals surface area (Å²) in [5.74, 6) is 1.78. The molecular formula is C16H17ClN4O2. The Morgan fingerprint density at radius 2 is 2.04 bits per heavy atom. The standard InChI is InChI=1S/C16H17ClN4O2/c17-11-5-7-12(8-6-11)18-16(22)21-9-1-2-13(21)15-19-14(20-23-15)10-3-4-10/h5-8,10,13H,1-4,9H2,(H,18,22). The Kier molecular flexibility index (Phi) is 3.69. The summed E-state index contributed by atoms with van der Waals surface area (Å²) in [7, 11) is 0. The van der Waals surface area contributed by atoms with Crippen molar-refractivity contribution in [2.24, 2.45) is 0 Å². The Morgan fingerprint density at radius 1 is 1.26 bits per heavy atom. The number of likely N-dealkylation sites (tertiary alicyclic amines) is 1. The van der Waals surface area contributed by atoms with Crippen LogP contribution in [-0.4, -0.2) is 27.6 Å². The van der Waals surface area contributed by atoms with Gasteiger partial charge in [0.15, 0.2) is 5.82 Å². The molecule has 7 heteroatoms. The molecule has 6 nitrogen and oxygen atoms in total. The van der Waals surface area contributed by atoms with Crippen LogP contribution >= 0.6 is 11.6 Å². The molecule has 2 fully saturated rings. The number of hydrogen-bond donors (Lipinski definition) is 1. The van der Waals surface area contributed by atoms with Gasteiger partial charge in [0.05, 0.1) is 0 Å². The molecule has 120 valence electrons. The molecule has 1 saturated carbocycles. The summed E-state index contributed by atoms with van der Waals surface area (Å²) in [4.78, 5) is 18.8. The van der Waals surface area contributed by atoms with Gasteiger partial charge in [0.2, 0.25) is 5.89 Å². The van der Waals surface area contributed by atoms with E-state index in [1.54, 1.807) is 29.2 Å². The minimum absolute atomic E-state index is 0.137. The van der Waals surface area contributed by atoms with Crippen LogP contribution in [0.4, 0.5) is 10.5 Å². The maximum absolute atomic E-state index is 12.5. The highest BCUT2D eigenvalue weighted by atomic mass is 35.5. The van der Waals surface area contributed by atoms with Crippen molar-refractivity contribution in [2.45, 2.75) is 37.6 Å². The summed E-state index contributed by atoms with van der Waals surface area (Å²) in [5.41, 5.74) is 0.717. The van der Waals surface area contributed by atoms with E-state index in [2.05, 4.69) is 15.5 Å². The molecule has 2 aromatic rings. The largest absolute Gasteiger partial charge is 0.337 e. The number of nitrogens with zero attached hydrogens (tertiary/aromatic N) is 3. The number of urea groups is 1. The molecule has 1 N–H and O–H groups in total. The number of carbonyl (C=O) groups is 1. The lowest BCUT2D eigenvalue weighted by molar-refractivity contribution is 0.193. The Bertz CT molecular complexity index is 711. The van der Waals surface area contributed by atoms with Crippen LogP contribution in [0.2, 0.25) is 5.02 Å². The van der Waals surface area contributed by atoms with Gasteiger partial charge < -0.3 is 14.7 Å². The number of anilines is 1. The zero-order valence-corrected chi connectivity index (χ0v) is 13.3. The van der Waals surface area contributed by atoms with Crippen molar-refractivity contribution < 1.29 is 9.32 Å². The van der Waals surface area contributed by atoms with Crippen LogP contribution in [0.5, 0.6) is 0 Å². The minimum atomic E-state index is -0.152. The van der Waals surface area contributed by atoms with Crippen molar-refractivity contribution in [3.63, 3.8) is 0 Å². The molecule has 1 aromatic heterocycles. The Hall–Kier alpha value is -2.08. The molecule has 1 saturated heterocycles. The molecule has 4 rings (SSSR count). The van der Waals surface area contributed by atoms with Crippen LogP contribution in [0, 0.1) is 0 Å². The summed E-state index contributed by atoms with van der Waals surface area (Å²) >= 11 is 5.86. The van der Waals surface area contributed by atoms with Gasteiger partial charge in [-0.25, -0.2) is 4.79 Å². The molecule has 2 heterocycles. The molecule has 1 unspecified atom stereocenters. The summed E-state index contributed by atoms with van der Waals surface area (Å²) in [5, 5.41) is 7.58. The molecule has 2 aliphatic rings. The molecule has 23 heavy (non-hydrogen) atoms. The van der Waals surface area contributed by atoms with Crippen molar-refractivity contribution in [3.05, 3.63) is 41.0 Å². The van der Waals surface area contributed by atoms with Crippen LogP contribution < -0.4 is 5.32 Å². The first-order chi connectivity index (χ1) is 11.2. The number of amides is 2. The number of aromatic nitrogens is 2. The SMILES string of the molecule is O=C(Nc1ccc(Cl)cc1)N1CCCC1c1nc(C2CC2)no1. The predicted octanol–water partition coefficient (Wildman–Crippen LogP) is 3.97. The van der Waals surface area contributed by atoms with Gasteiger partial charge in [-0.1, -0.05) is 16.8 Å². The topological polar surface area (TPSA) is 71.3 Å². The molecule has 1 aliphatic carbocycles. The lowest BCUT2D eigenvalue weighted by Crippen LogP contribution is -2.34. The predicted molar refractivity (Wildman–Crippen MR) is 85.4 cm³/mol. The first-order valence-electron chi connectivity index (χ1n) is 7.87. The number of benzene rings is 1. The van der Waals surface area contributed by atoms with Gasteiger partial charge in [-0.3, -0.25) is 0 Å². The van der Waals surface area contributed by atoms with E-state index >= 15 is 0 Å². The third-order valence-electron chi connectivity index (χ3n) is 4.29. The smallest absolute Gasteiger partial charge is 0.322 e. The first kappa shape index (κ1) is 14.5. The highest BCUT2D eigenvalue weighted by Gasteiger charge is 2.36. The third-order valence-corrected chi connectivity index (χ3v) is 4.55. The second-order valence-electron chi connectivity index (χ2n) is 6.05. The van der Waals surface area contributed by atoms with Crippen molar-refractivity contribution in [1.82, 2.24) is 15.0 Å². The maximum Gasteiger partial charge on any atom is 0.322 e. The molecule has 0 spiro atoms. The zero-order valence-electron chi connectivity index (χ0n) is 12.5. The number of rotatable bonds is 3. The van der Waals surface area contributed by atoms with E-state index in [1.165, 1.54) is 0 Å². The van der Waals surface area contributed by atoms with Crippen LogP contribution in [0.1, 0.15) is 49.4 Å². The highest BCUT2D eigenvalue weighted by Crippen LogP contribution is 2.39. The van der Waals surface area contributed by atoms with Crippen molar-refractivity contribution in [3.8, 4) is 0 Å². The summed E-state index contributed by atoms with van der Waals surface area (Å²) in [6, 6.07) is 6.77. The summed E-state index contributed by atoms with van der Waals surface area (Å²) in [6.07, 6.45) is 4.04. The average molecular weight is 333 g/mol. The maximum atomic E-state index is 12.5. The van der Waals surface area contributed by atoms with Gasteiger partial charge in [0, 0.05) is 23.2 Å². The Balaban J connectivity index is 1.47. The minimum Gasteiger partial charge on any atom is -0.337 e. The van der Waals surface area contributed by atoms with E-state index in [0.717, 1.165) is 31.5 Å². The van der Waals surface area contributed by atoms with Crippen molar-refractivity contribution in [2.75, 3.05) is 11.9 Å². The zero-order chi connectivity index (χ0) is 15.8. The lowest BCUT2D eigenvalue weighted by atomic mass is 10.2. The van der Waals surface area contributed by atoms with Gasteiger partial charge in [0.1, 0.15) is 6.04 Å². The van der Waals surface area contributed by atoms with Gasteiger partial charge in [-0.05, 0) is 49.9 Å². The average Bonchev–Trinajstić information content (AvgIpc) is 3.10. The quantitative estimate of drug-likeness (QED) is 0.923. The van der Waals surface area contributed by atoms with Gasteiger partial charge in [-0.2, -0.15) is 4.98 Å². The molecule has 0 bridgehead atoms. The second-order valence-corrected chi connectivity index (χ2v) is 6.49.